The maximum Gasteiger partial charge on any atom is 0.344 e. The van der Waals surface area contributed by atoms with Gasteiger partial charge in [0.2, 0.25) is 5.88 Å². The maximum absolute atomic E-state index is 12.5. The van der Waals surface area contributed by atoms with E-state index in [0.717, 1.165) is 5.76 Å². The zero-order chi connectivity index (χ0) is 20.5. The molecular weight excluding hydrogens is 436 g/mol. The highest BCUT2D eigenvalue weighted by Crippen LogP contribution is 2.43. The summed E-state index contributed by atoms with van der Waals surface area (Å²) in [5.74, 6) is 1.00. The number of aryl methyl sites for hydroxylation is 1. The van der Waals surface area contributed by atoms with E-state index in [4.69, 9.17) is 19.6 Å². The third-order valence-electron chi connectivity index (χ3n) is 4.54. The molecule has 1 aromatic heterocycles. The normalized spacial score (nSPS) is 15.3. The van der Waals surface area contributed by atoms with Crippen molar-refractivity contribution in [2.45, 2.75) is 12.8 Å². The number of rotatable bonds is 3. The molecule has 2 N–H and O–H groups in total. The zero-order valence-corrected chi connectivity index (χ0v) is 16.9. The largest absolute Gasteiger partial charge is 0.465 e. The number of fused-ring (bicyclic) bond motifs is 1. The average Bonchev–Trinajstić information content (AvgIpc) is 3.13. The van der Waals surface area contributed by atoms with Crippen LogP contribution in [-0.4, -0.2) is 5.97 Å². The van der Waals surface area contributed by atoms with E-state index < -0.39 is 11.9 Å². The number of hydrogen-bond donors (Lipinski definition) is 1. The molecule has 0 saturated carbocycles. The highest BCUT2D eigenvalue weighted by Gasteiger charge is 2.33. The van der Waals surface area contributed by atoms with E-state index in [1.165, 1.54) is 0 Å². The van der Waals surface area contributed by atoms with Crippen molar-refractivity contribution >= 4 is 21.9 Å². The van der Waals surface area contributed by atoms with Gasteiger partial charge >= 0.3 is 5.97 Å². The second-order valence-corrected chi connectivity index (χ2v) is 7.30. The van der Waals surface area contributed by atoms with Crippen LogP contribution >= 0.6 is 15.9 Å². The Morgan fingerprint density at radius 2 is 2.00 bits per heavy atom. The Morgan fingerprint density at radius 1 is 1.21 bits per heavy atom. The van der Waals surface area contributed by atoms with Gasteiger partial charge in [-0.3, -0.25) is 0 Å². The van der Waals surface area contributed by atoms with Crippen LogP contribution in [0.25, 0.3) is 0 Å². The zero-order valence-electron chi connectivity index (χ0n) is 15.3. The second-order valence-electron chi connectivity index (χ2n) is 6.44. The lowest BCUT2D eigenvalue weighted by Gasteiger charge is -2.25. The highest BCUT2D eigenvalue weighted by molar-refractivity contribution is 9.10. The summed E-state index contributed by atoms with van der Waals surface area (Å²) in [6, 6.07) is 17.7. The Kier molecular flexibility index (Phi) is 4.87. The summed E-state index contributed by atoms with van der Waals surface area (Å²) in [4.78, 5) is 12.5. The molecule has 0 fully saturated rings. The third-order valence-corrected chi connectivity index (χ3v) is 5.23. The SMILES string of the molecule is Cc1ccc(C2C(C#N)=C(N)Oc3cc(OC(=O)c4ccccc4Br)ccc32)o1. The van der Waals surface area contributed by atoms with Gasteiger partial charge in [0.15, 0.2) is 0 Å². The van der Waals surface area contributed by atoms with E-state index in [1.807, 2.05) is 19.1 Å². The van der Waals surface area contributed by atoms with Crippen LogP contribution in [0.2, 0.25) is 0 Å². The Balaban J connectivity index is 1.70. The number of nitrogens with two attached hydrogens (primary N) is 1. The number of carbonyl (C=O) groups is 1. The molecule has 0 aliphatic carbocycles. The van der Waals surface area contributed by atoms with Crippen molar-refractivity contribution in [1.82, 2.24) is 0 Å². The summed E-state index contributed by atoms with van der Waals surface area (Å²) in [5.41, 5.74) is 7.35. The molecule has 0 bridgehead atoms. The topological polar surface area (TPSA) is 98.5 Å². The third kappa shape index (κ3) is 3.50. The van der Waals surface area contributed by atoms with E-state index in [1.54, 1.807) is 42.5 Å². The second kappa shape index (κ2) is 7.49. The van der Waals surface area contributed by atoms with Gasteiger partial charge in [-0.1, -0.05) is 18.2 Å². The van der Waals surface area contributed by atoms with Crippen molar-refractivity contribution in [1.29, 1.82) is 5.26 Å². The van der Waals surface area contributed by atoms with Gasteiger partial charge in [-0.05, 0) is 53.2 Å². The van der Waals surface area contributed by atoms with Crippen LogP contribution in [0.3, 0.4) is 0 Å². The van der Waals surface area contributed by atoms with E-state index in [-0.39, 0.29) is 11.5 Å². The van der Waals surface area contributed by atoms with Gasteiger partial charge in [-0.2, -0.15) is 5.26 Å². The number of furan rings is 1. The van der Waals surface area contributed by atoms with Gasteiger partial charge in [0.05, 0.1) is 11.5 Å². The molecule has 1 unspecified atom stereocenters. The number of esters is 1. The van der Waals surface area contributed by atoms with Crippen molar-refractivity contribution in [3.63, 3.8) is 0 Å². The number of benzene rings is 2. The quantitative estimate of drug-likeness (QED) is 0.454. The van der Waals surface area contributed by atoms with Crippen LogP contribution in [0.1, 0.15) is 33.4 Å². The van der Waals surface area contributed by atoms with Crippen molar-refractivity contribution in [3.8, 4) is 17.6 Å². The molecule has 1 aliphatic heterocycles. The van der Waals surface area contributed by atoms with Gasteiger partial charge < -0.3 is 19.6 Å². The minimum atomic E-state index is -0.507. The molecule has 4 rings (SSSR count). The first-order chi connectivity index (χ1) is 14.0. The molecule has 144 valence electrons. The van der Waals surface area contributed by atoms with Crippen LogP contribution < -0.4 is 15.2 Å². The highest BCUT2D eigenvalue weighted by atomic mass is 79.9. The van der Waals surface area contributed by atoms with Crippen LogP contribution in [0.4, 0.5) is 0 Å². The molecule has 0 spiro atoms. The first-order valence-electron chi connectivity index (χ1n) is 8.72. The van der Waals surface area contributed by atoms with Crippen molar-refractivity contribution in [3.05, 3.63) is 93.2 Å². The van der Waals surface area contributed by atoms with Gasteiger partial charge in [0.25, 0.3) is 0 Å². The molecule has 0 saturated heterocycles. The lowest BCUT2D eigenvalue weighted by atomic mass is 9.87. The molecule has 3 aromatic rings. The number of ether oxygens (including phenoxy) is 2. The van der Waals surface area contributed by atoms with Crippen molar-refractivity contribution < 1.29 is 18.7 Å². The lowest BCUT2D eigenvalue weighted by Crippen LogP contribution is -2.21. The lowest BCUT2D eigenvalue weighted by molar-refractivity contribution is 0.0733. The van der Waals surface area contributed by atoms with Crippen molar-refractivity contribution in [2.24, 2.45) is 5.73 Å². The molecular formula is C22H15BrN2O4. The number of allylic oxidation sites excluding steroid dienone is 1. The van der Waals surface area contributed by atoms with Crippen LogP contribution in [0.5, 0.6) is 11.5 Å². The number of halogens is 1. The number of nitrogens with zero attached hydrogens (tertiary/aromatic N) is 1. The monoisotopic (exact) mass is 450 g/mol. The van der Waals surface area contributed by atoms with Gasteiger partial charge in [-0.25, -0.2) is 4.79 Å². The number of hydrogen-bond acceptors (Lipinski definition) is 6. The summed E-state index contributed by atoms with van der Waals surface area (Å²) in [7, 11) is 0. The summed E-state index contributed by atoms with van der Waals surface area (Å²) >= 11 is 3.34. The first-order valence-corrected chi connectivity index (χ1v) is 9.52. The predicted molar refractivity (Wildman–Crippen MR) is 108 cm³/mol. The molecule has 1 atom stereocenters. The molecule has 0 radical (unpaired) electrons. The minimum absolute atomic E-state index is 0.00617. The van der Waals surface area contributed by atoms with Crippen LogP contribution in [0.15, 0.2) is 74.9 Å². The summed E-state index contributed by atoms with van der Waals surface area (Å²) < 4.78 is 17.5. The first kappa shape index (κ1) is 18.8. The van der Waals surface area contributed by atoms with E-state index in [0.29, 0.717) is 32.9 Å². The van der Waals surface area contributed by atoms with Gasteiger partial charge in [0.1, 0.15) is 34.7 Å². The van der Waals surface area contributed by atoms with Gasteiger partial charge in [0, 0.05) is 16.1 Å². The Morgan fingerprint density at radius 3 is 2.69 bits per heavy atom. The average molecular weight is 451 g/mol. The fourth-order valence-electron chi connectivity index (χ4n) is 3.19. The molecule has 2 aromatic carbocycles. The Bertz CT molecular complexity index is 1190. The standard InChI is InChI=1S/C22H15BrN2O4/c1-12-6-9-18(27-12)20-15-8-7-13(10-19(15)29-21(25)16(20)11-24)28-22(26)14-4-2-3-5-17(14)23/h2-10,20H,25H2,1H3. The van der Waals surface area contributed by atoms with E-state index in [2.05, 4.69) is 22.0 Å². The van der Waals surface area contributed by atoms with E-state index in [9.17, 15) is 10.1 Å². The van der Waals surface area contributed by atoms with E-state index >= 15 is 0 Å². The minimum Gasteiger partial charge on any atom is -0.465 e. The fourth-order valence-corrected chi connectivity index (χ4v) is 3.64. The molecule has 29 heavy (non-hydrogen) atoms. The number of nitriles is 1. The van der Waals surface area contributed by atoms with Crippen LogP contribution in [0, 0.1) is 18.3 Å². The maximum atomic E-state index is 12.5. The molecule has 6 nitrogen and oxygen atoms in total. The fraction of sp³-hybridized carbons (Fsp3) is 0.0909. The van der Waals surface area contributed by atoms with Crippen LogP contribution in [-0.2, 0) is 0 Å². The molecule has 0 amide bonds. The molecule has 1 aliphatic rings. The van der Waals surface area contributed by atoms with Crippen molar-refractivity contribution in [2.75, 3.05) is 0 Å². The smallest absolute Gasteiger partial charge is 0.344 e. The predicted octanol–water partition coefficient (Wildman–Crippen LogP) is 4.79. The van der Waals surface area contributed by atoms with Gasteiger partial charge in [-0.15, -0.1) is 0 Å². The molecule has 2 heterocycles. The Hall–Kier alpha value is -3.50. The summed E-state index contributed by atoms with van der Waals surface area (Å²) in [5, 5.41) is 9.57. The summed E-state index contributed by atoms with van der Waals surface area (Å²) in [6.07, 6.45) is 0. The number of carbonyl (C=O) groups excluding carboxylic acids is 1. The Labute approximate surface area is 175 Å². The molecule has 7 heteroatoms. The summed E-state index contributed by atoms with van der Waals surface area (Å²) in [6.45, 7) is 1.83.